The number of ether oxygens (including phenoxy) is 1. The van der Waals surface area contributed by atoms with Crippen LogP contribution >= 0.6 is 0 Å². The standard InChI is InChI=1S/C16H20N2O2/c1-18(2)10-12-7-8-14(20-3)16(19)15(12)11-5-4-6-13(17)9-11/h4-9,19H,10,17H2,1-3H3. The molecule has 0 aliphatic heterocycles. The molecule has 0 aliphatic rings. The van der Waals surface area contributed by atoms with Crippen molar-refractivity contribution in [1.29, 1.82) is 0 Å². The van der Waals surface area contributed by atoms with E-state index in [4.69, 9.17) is 10.5 Å². The van der Waals surface area contributed by atoms with Gasteiger partial charge in [0.15, 0.2) is 11.5 Å². The Balaban J connectivity index is 2.63. The zero-order valence-electron chi connectivity index (χ0n) is 12.1. The summed E-state index contributed by atoms with van der Waals surface area (Å²) in [7, 11) is 5.53. The number of nitrogen functional groups attached to an aromatic ring is 1. The minimum Gasteiger partial charge on any atom is -0.504 e. The number of phenolic OH excluding ortho intramolecular Hbond substituents is 1. The highest BCUT2D eigenvalue weighted by atomic mass is 16.5. The number of benzene rings is 2. The van der Waals surface area contributed by atoms with Gasteiger partial charge in [0.2, 0.25) is 0 Å². The Morgan fingerprint density at radius 1 is 1.20 bits per heavy atom. The monoisotopic (exact) mass is 272 g/mol. The lowest BCUT2D eigenvalue weighted by Gasteiger charge is -2.17. The van der Waals surface area contributed by atoms with Crippen molar-refractivity contribution in [1.82, 2.24) is 4.90 Å². The molecular formula is C16H20N2O2. The second kappa shape index (κ2) is 5.84. The second-order valence-corrected chi connectivity index (χ2v) is 5.01. The van der Waals surface area contributed by atoms with E-state index in [0.717, 1.165) is 23.2 Å². The van der Waals surface area contributed by atoms with Crippen LogP contribution in [0.2, 0.25) is 0 Å². The maximum Gasteiger partial charge on any atom is 0.165 e. The van der Waals surface area contributed by atoms with Gasteiger partial charge in [0.1, 0.15) is 0 Å². The van der Waals surface area contributed by atoms with Crippen molar-refractivity contribution in [3.05, 3.63) is 42.0 Å². The summed E-state index contributed by atoms with van der Waals surface area (Å²) in [5.41, 5.74) is 9.19. The molecule has 2 rings (SSSR count). The van der Waals surface area contributed by atoms with Gasteiger partial charge in [-0.2, -0.15) is 0 Å². The molecule has 0 fully saturated rings. The average molecular weight is 272 g/mol. The van der Waals surface area contributed by atoms with Gasteiger partial charge in [0.05, 0.1) is 7.11 Å². The quantitative estimate of drug-likeness (QED) is 0.840. The zero-order valence-corrected chi connectivity index (χ0v) is 12.1. The summed E-state index contributed by atoms with van der Waals surface area (Å²) in [6.45, 7) is 0.724. The van der Waals surface area contributed by atoms with Crippen LogP contribution in [0.1, 0.15) is 5.56 Å². The van der Waals surface area contributed by atoms with Gasteiger partial charge in [0.25, 0.3) is 0 Å². The predicted octanol–water partition coefficient (Wildman–Crippen LogP) is 2.71. The van der Waals surface area contributed by atoms with E-state index in [1.54, 1.807) is 13.2 Å². The van der Waals surface area contributed by atoms with Crippen LogP contribution in [0.25, 0.3) is 11.1 Å². The molecule has 0 saturated heterocycles. The van der Waals surface area contributed by atoms with Gasteiger partial charge < -0.3 is 20.5 Å². The molecule has 2 aromatic carbocycles. The lowest BCUT2D eigenvalue weighted by atomic mass is 9.97. The van der Waals surface area contributed by atoms with E-state index in [1.165, 1.54) is 0 Å². The third kappa shape index (κ3) is 2.86. The first-order chi connectivity index (χ1) is 9.52. The molecule has 0 atom stereocenters. The summed E-state index contributed by atoms with van der Waals surface area (Å²) < 4.78 is 5.20. The number of anilines is 1. The van der Waals surface area contributed by atoms with E-state index in [9.17, 15) is 5.11 Å². The molecule has 0 spiro atoms. The number of aromatic hydroxyl groups is 1. The van der Waals surface area contributed by atoms with Crippen molar-refractivity contribution in [2.45, 2.75) is 6.54 Å². The molecule has 0 unspecified atom stereocenters. The molecule has 0 radical (unpaired) electrons. The van der Waals surface area contributed by atoms with Crippen molar-refractivity contribution >= 4 is 5.69 Å². The number of methoxy groups -OCH3 is 1. The van der Waals surface area contributed by atoms with E-state index in [1.807, 2.05) is 44.4 Å². The van der Waals surface area contributed by atoms with Crippen LogP contribution in [0.5, 0.6) is 11.5 Å². The summed E-state index contributed by atoms with van der Waals surface area (Å²) in [6, 6.07) is 11.2. The molecule has 4 heteroatoms. The Labute approximate surface area is 119 Å². The number of nitrogens with zero attached hydrogens (tertiary/aromatic N) is 1. The molecule has 2 aromatic rings. The van der Waals surface area contributed by atoms with Gasteiger partial charge >= 0.3 is 0 Å². The van der Waals surface area contributed by atoms with E-state index in [0.29, 0.717) is 11.4 Å². The molecule has 3 N–H and O–H groups in total. The lowest BCUT2D eigenvalue weighted by molar-refractivity contribution is 0.371. The topological polar surface area (TPSA) is 58.7 Å². The van der Waals surface area contributed by atoms with E-state index >= 15 is 0 Å². The molecule has 0 saturated carbocycles. The summed E-state index contributed by atoms with van der Waals surface area (Å²) in [4.78, 5) is 2.05. The van der Waals surface area contributed by atoms with Gasteiger partial charge in [-0.1, -0.05) is 18.2 Å². The number of rotatable bonds is 4. The Morgan fingerprint density at radius 2 is 1.95 bits per heavy atom. The highest BCUT2D eigenvalue weighted by molar-refractivity contribution is 5.78. The normalized spacial score (nSPS) is 10.8. The Hall–Kier alpha value is -2.20. The highest BCUT2D eigenvalue weighted by Crippen LogP contribution is 2.40. The summed E-state index contributed by atoms with van der Waals surface area (Å²) in [5.74, 6) is 0.613. The van der Waals surface area contributed by atoms with Crippen LogP contribution in [-0.2, 0) is 6.54 Å². The van der Waals surface area contributed by atoms with Crippen LogP contribution in [0, 0.1) is 0 Å². The highest BCUT2D eigenvalue weighted by Gasteiger charge is 2.15. The zero-order chi connectivity index (χ0) is 14.7. The Morgan fingerprint density at radius 3 is 2.55 bits per heavy atom. The predicted molar refractivity (Wildman–Crippen MR) is 81.9 cm³/mol. The van der Waals surface area contributed by atoms with Crippen molar-refractivity contribution in [2.24, 2.45) is 0 Å². The van der Waals surface area contributed by atoms with Crippen LogP contribution < -0.4 is 10.5 Å². The molecule has 0 aliphatic carbocycles. The number of hydrogen-bond acceptors (Lipinski definition) is 4. The van der Waals surface area contributed by atoms with Crippen molar-refractivity contribution in [2.75, 3.05) is 26.9 Å². The molecular weight excluding hydrogens is 252 g/mol. The minimum atomic E-state index is 0.150. The van der Waals surface area contributed by atoms with E-state index in [2.05, 4.69) is 4.90 Å². The smallest absolute Gasteiger partial charge is 0.165 e. The average Bonchev–Trinajstić information content (AvgIpc) is 2.38. The lowest BCUT2D eigenvalue weighted by Crippen LogP contribution is -2.11. The first-order valence-electron chi connectivity index (χ1n) is 6.42. The second-order valence-electron chi connectivity index (χ2n) is 5.01. The Kier molecular flexibility index (Phi) is 4.15. The van der Waals surface area contributed by atoms with Crippen molar-refractivity contribution < 1.29 is 9.84 Å². The van der Waals surface area contributed by atoms with Crippen molar-refractivity contribution in [3.63, 3.8) is 0 Å². The number of nitrogens with two attached hydrogens (primary N) is 1. The fraction of sp³-hybridized carbons (Fsp3) is 0.250. The Bertz CT molecular complexity index is 609. The van der Waals surface area contributed by atoms with Gasteiger partial charge in [-0.25, -0.2) is 0 Å². The summed E-state index contributed by atoms with van der Waals surface area (Å²) in [6.07, 6.45) is 0. The maximum atomic E-state index is 10.4. The molecule has 20 heavy (non-hydrogen) atoms. The third-order valence-corrected chi connectivity index (χ3v) is 3.11. The number of hydrogen-bond donors (Lipinski definition) is 2. The summed E-state index contributed by atoms with van der Waals surface area (Å²) in [5, 5.41) is 10.4. The fourth-order valence-corrected chi connectivity index (χ4v) is 2.27. The largest absolute Gasteiger partial charge is 0.504 e. The summed E-state index contributed by atoms with van der Waals surface area (Å²) >= 11 is 0. The molecule has 0 aromatic heterocycles. The molecule has 106 valence electrons. The third-order valence-electron chi connectivity index (χ3n) is 3.11. The SMILES string of the molecule is COc1ccc(CN(C)C)c(-c2cccc(N)c2)c1O. The molecule has 0 heterocycles. The van der Waals surface area contributed by atoms with Gasteiger partial charge in [-0.05, 0) is 43.4 Å². The molecule has 0 bridgehead atoms. The van der Waals surface area contributed by atoms with Crippen LogP contribution in [0.3, 0.4) is 0 Å². The first-order valence-corrected chi connectivity index (χ1v) is 6.42. The van der Waals surface area contributed by atoms with E-state index in [-0.39, 0.29) is 5.75 Å². The van der Waals surface area contributed by atoms with Gasteiger partial charge in [-0.3, -0.25) is 0 Å². The molecule has 4 nitrogen and oxygen atoms in total. The first kappa shape index (κ1) is 14.2. The number of phenols is 1. The maximum absolute atomic E-state index is 10.4. The van der Waals surface area contributed by atoms with Crippen LogP contribution in [0.4, 0.5) is 5.69 Å². The van der Waals surface area contributed by atoms with Crippen LogP contribution in [0.15, 0.2) is 36.4 Å². The molecule has 0 amide bonds. The van der Waals surface area contributed by atoms with Crippen LogP contribution in [-0.4, -0.2) is 31.2 Å². The van der Waals surface area contributed by atoms with Gasteiger partial charge in [0, 0.05) is 17.8 Å². The van der Waals surface area contributed by atoms with Gasteiger partial charge in [-0.15, -0.1) is 0 Å². The van der Waals surface area contributed by atoms with Crippen molar-refractivity contribution in [3.8, 4) is 22.6 Å². The fourth-order valence-electron chi connectivity index (χ4n) is 2.27. The minimum absolute atomic E-state index is 0.150. The van der Waals surface area contributed by atoms with E-state index < -0.39 is 0 Å².